The third kappa shape index (κ3) is 3.24. The Hall–Kier alpha value is -1.06. The molecule has 3 nitrogen and oxygen atoms in total. The van der Waals surface area contributed by atoms with Crippen LogP contribution in [-0.4, -0.2) is 6.10 Å². The van der Waals surface area contributed by atoms with Gasteiger partial charge in [0.25, 0.3) is 0 Å². The van der Waals surface area contributed by atoms with E-state index in [2.05, 4.69) is 11.5 Å². The molecule has 18 heavy (non-hydrogen) atoms. The molecule has 100 valence electrons. The van der Waals surface area contributed by atoms with Gasteiger partial charge in [0, 0.05) is 11.6 Å². The van der Waals surface area contributed by atoms with Crippen LogP contribution in [0.2, 0.25) is 0 Å². The second-order valence-electron chi connectivity index (χ2n) is 5.46. The van der Waals surface area contributed by atoms with E-state index in [1.54, 1.807) is 0 Å². The zero-order valence-electron chi connectivity index (χ0n) is 11.4. The number of nitrogens with one attached hydrogen (secondary N) is 1. The molecule has 1 fully saturated rings. The summed E-state index contributed by atoms with van der Waals surface area (Å²) in [5.74, 6) is 7.50. The lowest BCUT2D eigenvalue weighted by molar-refractivity contribution is 0.229. The van der Waals surface area contributed by atoms with Crippen LogP contribution in [-0.2, 0) is 0 Å². The highest BCUT2D eigenvalue weighted by molar-refractivity contribution is 5.36. The van der Waals surface area contributed by atoms with Gasteiger partial charge in [0.05, 0.1) is 6.10 Å². The van der Waals surface area contributed by atoms with Crippen molar-refractivity contribution in [1.29, 1.82) is 0 Å². The monoisotopic (exact) mass is 248 g/mol. The molecule has 1 aromatic carbocycles. The van der Waals surface area contributed by atoms with Gasteiger partial charge in [-0.3, -0.25) is 11.3 Å². The molecule has 1 saturated carbocycles. The van der Waals surface area contributed by atoms with Crippen LogP contribution in [0.1, 0.15) is 51.1 Å². The number of benzene rings is 1. The number of rotatable bonds is 6. The van der Waals surface area contributed by atoms with Gasteiger partial charge in [0.15, 0.2) is 0 Å². The van der Waals surface area contributed by atoms with E-state index in [4.69, 9.17) is 10.6 Å². The summed E-state index contributed by atoms with van der Waals surface area (Å²) in [6, 6.07) is 8.40. The molecule has 0 bridgehead atoms. The minimum Gasteiger partial charge on any atom is -0.491 e. The number of ether oxygens (including phenoxy) is 1. The molecule has 0 spiro atoms. The Kier molecular flexibility index (Phi) is 4.61. The minimum atomic E-state index is 0.188. The average Bonchev–Trinajstić information content (AvgIpc) is 2.29. The Morgan fingerprint density at radius 1 is 1.33 bits per heavy atom. The second-order valence-corrected chi connectivity index (χ2v) is 5.46. The van der Waals surface area contributed by atoms with Crippen LogP contribution < -0.4 is 16.0 Å². The van der Waals surface area contributed by atoms with Crippen LogP contribution in [0.3, 0.4) is 0 Å². The van der Waals surface area contributed by atoms with Crippen molar-refractivity contribution in [2.24, 2.45) is 11.8 Å². The molecule has 1 unspecified atom stereocenters. The smallest absolute Gasteiger partial charge is 0.124 e. The third-order valence-corrected chi connectivity index (χ3v) is 3.65. The lowest BCUT2D eigenvalue weighted by atomic mass is 9.79. The van der Waals surface area contributed by atoms with Crippen molar-refractivity contribution in [1.82, 2.24) is 5.43 Å². The van der Waals surface area contributed by atoms with E-state index in [1.165, 1.54) is 24.8 Å². The number of para-hydroxylation sites is 1. The van der Waals surface area contributed by atoms with Crippen molar-refractivity contribution in [2.45, 2.75) is 51.7 Å². The molecule has 0 aromatic heterocycles. The lowest BCUT2D eigenvalue weighted by Gasteiger charge is -2.30. The first-order valence-electron chi connectivity index (χ1n) is 6.92. The van der Waals surface area contributed by atoms with Crippen molar-refractivity contribution < 1.29 is 4.74 Å². The summed E-state index contributed by atoms with van der Waals surface area (Å²) in [5, 5.41) is 0. The first-order valence-corrected chi connectivity index (χ1v) is 6.92. The Bertz CT molecular complexity index is 375. The van der Waals surface area contributed by atoms with E-state index in [-0.39, 0.29) is 12.1 Å². The van der Waals surface area contributed by atoms with Crippen molar-refractivity contribution in [3.8, 4) is 5.75 Å². The van der Waals surface area contributed by atoms with E-state index >= 15 is 0 Å². The molecule has 0 saturated heterocycles. The molecule has 0 radical (unpaired) electrons. The maximum Gasteiger partial charge on any atom is 0.124 e. The standard InChI is InChI=1S/C15H24N2O/c1-11(2)18-15-9-4-3-8-13(15)14(17-16)10-12-6-5-7-12/h3-4,8-9,11-12,14,17H,5-7,10,16H2,1-2H3. The molecular formula is C15H24N2O. The van der Waals surface area contributed by atoms with Gasteiger partial charge >= 0.3 is 0 Å². The maximum atomic E-state index is 5.87. The SMILES string of the molecule is CC(C)Oc1ccccc1C(CC1CCC1)NN. The van der Waals surface area contributed by atoms with Crippen molar-refractivity contribution in [2.75, 3.05) is 0 Å². The van der Waals surface area contributed by atoms with Crippen LogP contribution >= 0.6 is 0 Å². The zero-order chi connectivity index (χ0) is 13.0. The van der Waals surface area contributed by atoms with Crippen LogP contribution in [0.4, 0.5) is 0 Å². The normalized spacial score (nSPS) is 17.6. The summed E-state index contributed by atoms with van der Waals surface area (Å²) in [6.07, 6.45) is 5.34. The Morgan fingerprint density at radius 2 is 2.06 bits per heavy atom. The van der Waals surface area contributed by atoms with E-state index in [9.17, 15) is 0 Å². The summed E-state index contributed by atoms with van der Waals surface area (Å²) in [4.78, 5) is 0. The number of hydrogen-bond donors (Lipinski definition) is 2. The molecule has 3 heteroatoms. The fourth-order valence-electron chi connectivity index (χ4n) is 2.48. The topological polar surface area (TPSA) is 47.3 Å². The lowest BCUT2D eigenvalue weighted by Crippen LogP contribution is -2.31. The Morgan fingerprint density at radius 3 is 2.61 bits per heavy atom. The molecule has 3 N–H and O–H groups in total. The maximum absolute atomic E-state index is 5.87. The zero-order valence-corrected chi connectivity index (χ0v) is 11.4. The van der Waals surface area contributed by atoms with E-state index in [1.807, 2.05) is 32.0 Å². The van der Waals surface area contributed by atoms with Gasteiger partial charge in [0.2, 0.25) is 0 Å². The predicted octanol–water partition coefficient (Wildman–Crippen LogP) is 3.17. The summed E-state index contributed by atoms with van der Waals surface area (Å²) >= 11 is 0. The molecular weight excluding hydrogens is 224 g/mol. The van der Waals surface area contributed by atoms with Crippen molar-refractivity contribution in [3.63, 3.8) is 0 Å². The van der Waals surface area contributed by atoms with Crippen LogP contribution in [0.15, 0.2) is 24.3 Å². The molecule has 1 aliphatic carbocycles. The van der Waals surface area contributed by atoms with E-state index < -0.39 is 0 Å². The quantitative estimate of drug-likeness (QED) is 0.600. The summed E-state index contributed by atoms with van der Waals surface area (Å²) in [5.41, 5.74) is 4.13. The van der Waals surface area contributed by atoms with Gasteiger partial charge in [-0.15, -0.1) is 0 Å². The average molecular weight is 248 g/mol. The molecule has 1 aromatic rings. The van der Waals surface area contributed by atoms with Gasteiger partial charge in [-0.2, -0.15) is 0 Å². The minimum absolute atomic E-state index is 0.188. The highest BCUT2D eigenvalue weighted by atomic mass is 16.5. The van der Waals surface area contributed by atoms with E-state index in [0.29, 0.717) is 0 Å². The largest absolute Gasteiger partial charge is 0.491 e. The number of nitrogens with two attached hydrogens (primary N) is 1. The van der Waals surface area contributed by atoms with Gasteiger partial charge in [-0.05, 0) is 32.3 Å². The molecule has 1 atom stereocenters. The highest BCUT2D eigenvalue weighted by Gasteiger charge is 2.24. The summed E-state index contributed by atoms with van der Waals surface area (Å²) in [6.45, 7) is 4.10. The molecule has 0 amide bonds. The van der Waals surface area contributed by atoms with Crippen molar-refractivity contribution >= 4 is 0 Å². The van der Waals surface area contributed by atoms with Gasteiger partial charge in [-0.1, -0.05) is 37.5 Å². The molecule has 2 rings (SSSR count). The van der Waals surface area contributed by atoms with Gasteiger partial charge in [-0.25, -0.2) is 0 Å². The summed E-state index contributed by atoms with van der Waals surface area (Å²) < 4.78 is 5.87. The fourth-order valence-corrected chi connectivity index (χ4v) is 2.48. The molecule has 0 heterocycles. The first kappa shape index (κ1) is 13.4. The van der Waals surface area contributed by atoms with Gasteiger partial charge < -0.3 is 4.74 Å². The molecule has 1 aliphatic rings. The number of hydrogen-bond acceptors (Lipinski definition) is 3. The highest BCUT2D eigenvalue weighted by Crippen LogP contribution is 2.37. The Labute approximate surface area is 110 Å². The van der Waals surface area contributed by atoms with Crippen LogP contribution in [0.25, 0.3) is 0 Å². The van der Waals surface area contributed by atoms with E-state index in [0.717, 1.165) is 18.1 Å². The predicted molar refractivity (Wildman–Crippen MR) is 74.2 cm³/mol. The molecule has 0 aliphatic heterocycles. The Balaban J connectivity index is 2.12. The third-order valence-electron chi connectivity index (χ3n) is 3.65. The van der Waals surface area contributed by atoms with Gasteiger partial charge in [0.1, 0.15) is 5.75 Å². The fraction of sp³-hybridized carbons (Fsp3) is 0.600. The number of hydrazine groups is 1. The second kappa shape index (κ2) is 6.21. The summed E-state index contributed by atoms with van der Waals surface area (Å²) in [7, 11) is 0. The first-order chi connectivity index (χ1) is 8.70. The van der Waals surface area contributed by atoms with Crippen LogP contribution in [0.5, 0.6) is 5.75 Å². The van der Waals surface area contributed by atoms with Crippen molar-refractivity contribution in [3.05, 3.63) is 29.8 Å². The van der Waals surface area contributed by atoms with Crippen LogP contribution in [0, 0.1) is 5.92 Å².